The lowest BCUT2D eigenvalue weighted by Gasteiger charge is -2.09. The zero-order chi connectivity index (χ0) is 15.4. The van der Waals surface area contributed by atoms with Crippen LogP contribution in [0.4, 0.5) is 0 Å². The summed E-state index contributed by atoms with van der Waals surface area (Å²) in [7, 11) is 0. The molecule has 112 valence electrons. The molecular weight excluding hydrogens is 276 g/mol. The lowest BCUT2D eigenvalue weighted by molar-refractivity contribution is -0.121. The average Bonchev–Trinajstić information content (AvgIpc) is 2.91. The van der Waals surface area contributed by atoms with Gasteiger partial charge in [-0.2, -0.15) is 0 Å². The molecule has 5 heteroatoms. The highest BCUT2D eigenvalue weighted by Gasteiger charge is 2.12. The molecule has 0 spiro atoms. The Balaban J connectivity index is 1.95. The third kappa shape index (κ3) is 2.99. The number of nitrogens with one attached hydrogen (secondary N) is 1. The first-order valence-corrected chi connectivity index (χ1v) is 7.25. The number of rotatable bonds is 5. The van der Waals surface area contributed by atoms with Crippen LogP contribution >= 0.6 is 0 Å². The zero-order valence-electron chi connectivity index (χ0n) is 12.2. The van der Waals surface area contributed by atoms with E-state index in [1.165, 1.54) is 5.56 Å². The number of para-hydroxylation sites is 2. The average molecular weight is 294 g/mol. The van der Waals surface area contributed by atoms with Crippen molar-refractivity contribution >= 4 is 16.9 Å². The Labute approximate surface area is 128 Å². The first-order valence-electron chi connectivity index (χ1n) is 7.25. The van der Waals surface area contributed by atoms with Gasteiger partial charge in [0.2, 0.25) is 5.91 Å². The van der Waals surface area contributed by atoms with Gasteiger partial charge < -0.3 is 4.57 Å². The minimum atomic E-state index is -0.182. The highest BCUT2D eigenvalue weighted by Crippen LogP contribution is 2.19. The monoisotopic (exact) mass is 294 g/mol. The minimum absolute atomic E-state index is 0.182. The van der Waals surface area contributed by atoms with Crippen molar-refractivity contribution < 1.29 is 4.79 Å². The fourth-order valence-corrected chi connectivity index (χ4v) is 2.56. The molecule has 1 heterocycles. The van der Waals surface area contributed by atoms with Crippen molar-refractivity contribution in [2.24, 2.45) is 5.84 Å². The van der Waals surface area contributed by atoms with E-state index in [1.54, 1.807) is 0 Å². The van der Waals surface area contributed by atoms with Gasteiger partial charge in [-0.15, -0.1) is 0 Å². The first kappa shape index (κ1) is 14.3. The lowest BCUT2D eigenvalue weighted by atomic mass is 10.2. The summed E-state index contributed by atoms with van der Waals surface area (Å²) in [6, 6.07) is 18.2. The maximum absolute atomic E-state index is 11.4. The minimum Gasteiger partial charge on any atom is -0.323 e. The van der Waals surface area contributed by atoms with Gasteiger partial charge in [-0.1, -0.05) is 42.5 Å². The number of aryl methyl sites for hydroxylation is 1. The molecule has 0 saturated heterocycles. The molecule has 0 atom stereocenters. The molecule has 0 aliphatic carbocycles. The van der Waals surface area contributed by atoms with Crippen LogP contribution in [0, 0.1) is 0 Å². The van der Waals surface area contributed by atoms with E-state index in [0.29, 0.717) is 12.8 Å². The van der Waals surface area contributed by atoms with E-state index >= 15 is 0 Å². The van der Waals surface area contributed by atoms with Crippen LogP contribution in [0.15, 0.2) is 54.6 Å². The summed E-state index contributed by atoms with van der Waals surface area (Å²) in [4.78, 5) is 16.1. The fourth-order valence-electron chi connectivity index (χ4n) is 2.56. The summed E-state index contributed by atoms with van der Waals surface area (Å²) in [5, 5.41) is 0. The number of aromatic nitrogens is 2. The number of nitrogens with zero attached hydrogens (tertiary/aromatic N) is 2. The van der Waals surface area contributed by atoms with Gasteiger partial charge in [-0.05, 0) is 17.7 Å². The number of carbonyl (C=O) groups excluding carboxylic acids is 1. The SMILES string of the molecule is NNC(=O)CCc1nc2ccccc2n1Cc1ccccc1. The van der Waals surface area contributed by atoms with Crippen molar-refractivity contribution in [3.05, 3.63) is 66.0 Å². The smallest absolute Gasteiger partial charge is 0.234 e. The van der Waals surface area contributed by atoms with Gasteiger partial charge in [0.1, 0.15) is 5.82 Å². The molecule has 1 aromatic heterocycles. The van der Waals surface area contributed by atoms with E-state index in [0.717, 1.165) is 23.4 Å². The standard InChI is InChI=1S/C17H18N4O/c18-20-17(22)11-10-16-19-14-8-4-5-9-15(14)21(16)12-13-6-2-1-3-7-13/h1-9H,10-12,18H2,(H,20,22). The molecule has 3 N–H and O–H groups in total. The molecule has 1 amide bonds. The highest BCUT2D eigenvalue weighted by atomic mass is 16.2. The normalized spacial score (nSPS) is 10.8. The van der Waals surface area contributed by atoms with Gasteiger partial charge in [-0.25, -0.2) is 10.8 Å². The molecule has 0 fully saturated rings. The first-order chi connectivity index (χ1) is 10.8. The van der Waals surface area contributed by atoms with Crippen molar-refractivity contribution in [3.63, 3.8) is 0 Å². The summed E-state index contributed by atoms with van der Waals surface area (Å²) < 4.78 is 2.16. The Bertz CT molecular complexity index is 780. The number of carbonyl (C=O) groups is 1. The van der Waals surface area contributed by atoms with E-state index in [4.69, 9.17) is 5.84 Å². The number of amides is 1. The lowest BCUT2D eigenvalue weighted by Crippen LogP contribution is -2.30. The number of hydrogen-bond acceptors (Lipinski definition) is 3. The quantitative estimate of drug-likeness (QED) is 0.429. The van der Waals surface area contributed by atoms with Crippen molar-refractivity contribution in [1.82, 2.24) is 15.0 Å². The van der Waals surface area contributed by atoms with Crippen LogP contribution < -0.4 is 11.3 Å². The van der Waals surface area contributed by atoms with Crippen LogP contribution in [-0.2, 0) is 17.8 Å². The van der Waals surface area contributed by atoms with E-state index in [9.17, 15) is 4.79 Å². The molecular formula is C17H18N4O. The summed E-state index contributed by atoms with van der Waals surface area (Å²) in [5.41, 5.74) is 5.39. The largest absolute Gasteiger partial charge is 0.323 e. The van der Waals surface area contributed by atoms with Crippen LogP contribution in [0.2, 0.25) is 0 Å². The van der Waals surface area contributed by atoms with Gasteiger partial charge in [0.15, 0.2) is 0 Å². The number of fused-ring (bicyclic) bond motifs is 1. The highest BCUT2D eigenvalue weighted by molar-refractivity contribution is 5.77. The van der Waals surface area contributed by atoms with Gasteiger partial charge >= 0.3 is 0 Å². The predicted molar refractivity (Wildman–Crippen MR) is 85.9 cm³/mol. The van der Waals surface area contributed by atoms with E-state index in [2.05, 4.69) is 33.2 Å². The van der Waals surface area contributed by atoms with Crippen molar-refractivity contribution in [1.29, 1.82) is 0 Å². The van der Waals surface area contributed by atoms with Crippen LogP contribution in [0.1, 0.15) is 17.8 Å². The maximum atomic E-state index is 11.4. The second-order valence-corrected chi connectivity index (χ2v) is 5.16. The zero-order valence-corrected chi connectivity index (χ0v) is 12.2. The van der Waals surface area contributed by atoms with E-state index in [-0.39, 0.29) is 5.91 Å². The van der Waals surface area contributed by atoms with Crippen LogP contribution in [0.25, 0.3) is 11.0 Å². The molecule has 3 aromatic rings. The molecule has 3 rings (SSSR count). The maximum Gasteiger partial charge on any atom is 0.234 e. The third-order valence-corrected chi connectivity index (χ3v) is 3.65. The molecule has 0 unspecified atom stereocenters. The van der Waals surface area contributed by atoms with Crippen LogP contribution in [0.3, 0.4) is 0 Å². The summed E-state index contributed by atoms with van der Waals surface area (Å²) in [6.07, 6.45) is 0.888. The second-order valence-electron chi connectivity index (χ2n) is 5.16. The number of nitrogens with two attached hydrogens (primary N) is 1. The van der Waals surface area contributed by atoms with Gasteiger partial charge in [-0.3, -0.25) is 10.2 Å². The molecule has 0 radical (unpaired) electrons. The molecule has 5 nitrogen and oxygen atoms in total. The molecule has 0 aliphatic heterocycles. The van der Waals surface area contributed by atoms with Gasteiger partial charge in [0, 0.05) is 19.4 Å². The number of hydrazine groups is 1. The van der Waals surface area contributed by atoms with Crippen LogP contribution in [0.5, 0.6) is 0 Å². The Morgan fingerprint density at radius 1 is 1.09 bits per heavy atom. The number of imidazole rings is 1. The Morgan fingerprint density at radius 3 is 2.59 bits per heavy atom. The van der Waals surface area contributed by atoms with Crippen molar-refractivity contribution in [2.45, 2.75) is 19.4 Å². The van der Waals surface area contributed by atoms with Crippen molar-refractivity contribution in [2.75, 3.05) is 0 Å². The molecule has 22 heavy (non-hydrogen) atoms. The Hall–Kier alpha value is -2.66. The fraction of sp³-hybridized carbons (Fsp3) is 0.176. The summed E-state index contributed by atoms with van der Waals surface area (Å²) in [5.74, 6) is 5.86. The number of hydrogen-bond donors (Lipinski definition) is 2. The van der Waals surface area contributed by atoms with Crippen LogP contribution in [-0.4, -0.2) is 15.5 Å². The van der Waals surface area contributed by atoms with Gasteiger partial charge in [0.25, 0.3) is 0 Å². The third-order valence-electron chi connectivity index (χ3n) is 3.65. The van der Waals surface area contributed by atoms with E-state index < -0.39 is 0 Å². The molecule has 0 bridgehead atoms. The molecule has 0 aliphatic rings. The van der Waals surface area contributed by atoms with Gasteiger partial charge in [0.05, 0.1) is 11.0 Å². The van der Waals surface area contributed by atoms with Crippen molar-refractivity contribution in [3.8, 4) is 0 Å². The molecule has 2 aromatic carbocycles. The summed E-state index contributed by atoms with van der Waals surface area (Å²) in [6.45, 7) is 0.737. The van der Waals surface area contributed by atoms with E-state index in [1.807, 2.05) is 36.4 Å². The second kappa shape index (κ2) is 6.41. The Kier molecular flexibility index (Phi) is 4.16. The Morgan fingerprint density at radius 2 is 1.82 bits per heavy atom. The molecule has 0 saturated carbocycles. The topological polar surface area (TPSA) is 72.9 Å². The number of benzene rings is 2. The predicted octanol–water partition coefficient (Wildman–Crippen LogP) is 2.01. The summed E-state index contributed by atoms with van der Waals surface area (Å²) >= 11 is 0.